The summed E-state index contributed by atoms with van der Waals surface area (Å²) in [5.41, 5.74) is 2.65. The Morgan fingerprint density at radius 2 is 2.04 bits per heavy atom. The molecule has 23 heavy (non-hydrogen) atoms. The van der Waals surface area contributed by atoms with E-state index >= 15 is 0 Å². The summed E-state index contributed by atoms with van der Waals surface area (Å²) < 4.78 is 19.9. The Balaban J connectivity index is 1.63. The lowest BCUT2D eigenvalue weighted by Crippen LogP contribution is -2.22. The number of nitrogens with zero attached hydrogens (tertiary/aromatic N) is 2. The fourth-order valence-corrected chi connectivity index (χ4v) is 3.12. The number of rotatable bonds is 6. The Hall–Kier alpha value is -1.78. The summed E-state index contributed by atoms with van der Waals surface area (Å²) in [5, 5.41) is 0. The third-order valence-corrected chi connectivity index (χ3v) is 4.39. The minimum absolute atomic E-state index is 0.132. The van der Waals surface area contributed by atoms with Gasteiger partial charge in [-0.2, -0.15) is 0 Å². The smallest absolute Gasteiger partial charge is 0.128 e. The van der Waals surface area contributed by atoms with Crippen LogP contribution in [0.4, 0.5) is 4.39 Å². The summed E-state index contributed by atoms with van der Waals surface area (Å²) in [6, 6.07) is 9.31. The first-order valence-electron chi connectivity index (χ1n) is 8.25. The lowest BCUT2D eigenvalue weighted by molar-refractivity contribution is 0.111. The van der Waals surface area contributed by atoms with Crippen LogP contribution in [-0.4, -0.2) is 36.2 Å². The molecule has 4 heteroatoms. The van der Waals surface area contributed by atoms with E-state index in [1.165, 1.54) is 0 Å². The molecule has 1 fully saturated rings. The van der Waals surface area contributed by atoms with Crippen molar-refractivity contribution in [2.45, 2.75) is 19.9 Å². The van der Waals surface area contributed by atoms with Crippen LogP contribution in [0.1, 0.15) is 18.9 Å². The molecule has 1 saturated heterocycles. The van der Waals surface area contributed by atoms with Crippen molar-refractivity contribution in [3.63, 3.8) is 0 Å². The molecule has 0 saturated carbocycles. The van der Waals surface area contributed by atoms with E-state index in [-0.39, 0.29) is 5.82 Å². The van der Waals surface area contributed by atoms with Gasteiger partial charge in [0.1, 0.15) is 5.82 Å². The summed E-state index contributed by atoms with van der Waals surface area (Å²) in [5.74, 6) is 0.446. The van der Waals surface area contributed by atoms with Crippen molar-refractivity contribution in [1.82, 2.24) is 9.88 Å². The standard InChI is InChI=1S/C19H23FN2O/c1-2-23-14-15-7-10-22(12-15)13-18-4-3-17(11-19(18)20)16-5-8-21-9-6-16/h3-6,8-9,11,15H,2,7,10,12-14H2,1H3/t15-/m0/s1. The van der Waals surface area contributed by atoms with E-state index in [2.05, 4.69) is 9.88 Å². The highest BCUT2D eigenvalue weighted by Crippen LogP contribution is 2.24. The topological polar surface area (TPSA) is 25.4 Å². The Kier molecular flexibility index (Phi) is 5.36. The van der Waals surface area contributed by atoms with Gasteiger partial charge < -0.3 is 4.74 Å². The van der Waals surface area contributed by atoms with Crippen molar-refractivity contribution in [3.05, 3.63) is 54.1 Å². The third kappa shape index (κ3) is 4.15. The summed E-state index contributed by atoms with van der Waals surface area (Å²) in [7, 11) is 0. The molecule has 3 rings (SSSR count). The normalized spacial score (nSPS) is 18.4. The predicted molar refractivity (Wildman–Crippen MR) is 89.5 cm³/mol. The van der Waals surface area contributed by atoms with Crippen LogP contribution in [0.25, 0.3) is 11.1 Å². The Bertz CT molecular complexity index is 633. The molecular formula is C19H23FN2O. The van der Waals surface area contributed by atoms with Crippen molar-refractivity contribution in [1.29, 1.82) is 0 Å². The molecule has 0 unspecified atom stereocenters. The van der Waals surface area contributed by atoms with Gasteiger partial charge in [0, 0.05) is 37.7 Å². The highest BCUT2D eigenvalue weighted by Gasteiger charge is 2.23. The second-order valence-electron chi connectivity index (χ2n) is 6.09. The van der Waals surface area contributed by atoms with Crippen LogP contribution in [-0.2, 0) is 11.3 Å². The molecule has 3 nitrogen and oxygen atoms in total. The third-order valence-electron chi connectivity index (χ3n) is 4.39. The summed E-state index contributed by atoms with van der Waals surface area (Å²) in [6.07, 6.45) is 4.59. The van der Waals surface area contributed by atoms with Crippen molar-refractivity contribution >= 4 is 0 Å². The summed E-state index contributed by atoms with van der Waals surface area (Å²) >= 11 is 0. The molecule has 122 valence electrons. The van der Waals surface area contributed by atoms with E-state index in [0.717, 1.165) is 49.4 Å². The quantitative estimate of drug-likeness (QED) is 0.812. The second-order valence-corrected chi connectivity index (χ2v) is 6.09. The molecule has 1 aliphatic rings. The molecule has 0 spiro atoms. The number of ether oxygens (including phenoxy) is 1. The van der Waals surface area contributed by atoms with Crippen LogP contribution in [0.3, 0.4) is 0 Å². The SMILES string of the molecule is CCOC[C@H]1CCN(Cc2ccc(-c3ccncc3)cc2F)C1. The molecule has 0 aliphatic carbocycles. The lowest BCUT2D eigenvalue weighted by atomic mass is 10.0. The zero-order valence-electron chi connectivity index (χ0n) is 13.5. The first-order chi connectivity index (χ1) is 11.3. The van der Waals surface area contributed by atoms with Gasteiger partial charge in [0.05, 0.1) is 6.61 Å². The van der Waals surface area contributed by atoms with Crippen molar-refractivity contribution in [3.8, 4) is 11.1 Å². The molecular weight excluding hydrogens is 291 g/mol. The number of likely N-dealkylation sites (tertiary alicyclic amines) is 1. The molecule has 2 aromatic rings. The number of hydrogen-bond acceptors (Lipinski definition) is 3. The van der Waals surface area contributed by atoms with Gasteiger partial charge in [-0.05, 0) is 55.1 Å². The van der Waals surface area contributed by atoms with Gasteiger partial charge >= 0.3 is 0 Å². The van der Waals surface area contributed by atoms with E-state index in [1.54, 1.807) is 18.5 Å². The fraction of sp³-hybridized carbons (Fsp3) is 0.421. The Morgan fingerprint density at radius 1 is 1.22 bits per heavy atom. The second kappa shape index (κ2) is 7.66. The highest BCUT2D eigenvalue weighted by molar-refractivity contribution is 5.63. The van der Waals surface area contributed by atoms with E-state index in [0.29, 0.717) is 12.5 Å². The van der Waals surface area contributed by atoms with Gasteiger partial charge in [0.2, 0.25) is 0 Å². The predicted octanol–water partition coefficient (Wildman–Crippen LogP) is 3.75. The first kappa shape index (κ1) is 16.1. The number of pyridine rings is 1. The van der Waals surface area contributed by atoms with E-state index in [9.17, 15) is 4.39 Å². The average molecular weight is 314 g/mol. The Labute approximate surface area is 137 Å². The minimum Gasteiger partial charge on any atom is -0.381 e. The van der Waals surface area contributed by atoms with Crippen molar-refractivity contribution in [2.75, 3.05) is 26.3 Å². The minimum atomic E-state index is -0.132. The van der Waals surface area contributed by atoms with Gasteiger partial charge in [-0.3, -0.25) is 9.88 Å². The fourth-order valence-electron chi connectivity index (χ4n) is 3.12. The van der Waals surface area contributed by atoms with Gasteiger partial charge in [0.15, 0.2) is 0 Å². The van der Waals surface area contributed by atoms with E-state index in [1.807, 2.05) is 31.2 Å². The molecule has 1 aromatic carbocycles. The van der Waals surface area contributed by atoms with Crippen LogP contribution in [0.5, 0.6) is 0 Å². The van der Waals surface area contributed by atoms with Crippen LogP contribution in [0, 0.1) is 11.7 Å². The Morgan fingerprint density at radius 3 is 2.78 bits per heavy atom. The molecule has 1 aliphatic heterocycles. The maximum atomic E-state index is 14.4. The molecule has 1 aromatic heterocycles. The van der Waals surface area contributed by atoms with E-state index in [4.69, 9.17) is 4.74 Å². The molecule has 0 N–H and O–H groups in total. The van der Waals surface area contributed by atoms with Crippen molar-refractivity contribution < 1.29 is 9.13 Å². The van der Waals surface area contributed by atoms with Crippen LogP contribution < -0.4 is 0 Å². The maximum absolute atomic E-state index is 14.4. The zero-order valence-corrected chi connectivity index (χ0v) is 13.5. The molecule has 0 amide bonds. The number of hydrogen-bond donors (Lipinski definition) is 0. The van der Waals surface area contributed by atoms with Gasteiger partial charge in [-0.15, -0.1) is 0 Å². The van der Waals surface area contributed by atoms with Crippen molar-refractivity contribution in [2.24, 2.45) is 5.92 Å². The number of benzene rings is 1. The average Bonchev–Trinajstić information content (AvgIpc) is 3.03. The number of halogens is 1. The molecule has 0 radical (unpaired) electrons. The van der Waals surface area contributed by atoms with Crippen LogP contribution in [0.15, 0.2) is 42.7 Å². The monoisotopic (exact) mass is 314 g/mol. The van der Waals surface area contributed by atoms with E-state index < -0.39 is 0 Å². The summed E-state index contributed by atoms with van der Waals surface area (Å²) in [6.45, 7) is 6.28. The molecule has 1 atom stereocenters. The largest absolute Gasteiger partial charge is 0.381 e. The van der Waals surface area contributed by atoms with Gasteiger partial charge in [-0.25, -0.2) is 4.39 Å². The molecule has 2 heterocycles. The van der Waals surface area contributed by atoms with Crippen LogP contribution in [0.2, 0.25) is 0 Å². The zero-order chi connectivity index (χ0) is 16.1. The lowest BCUT2D eigenvalue weighted by Gasteiger charge is -2.17. The summed E-state index contributed by atoms with van der Waals surface area (Å²) in [4.78, 5) is 6.31. The van der Waals surface area contributed by atoms with Gasteiger partial charge in [-0.1, -0.05) is 12.1 Å². The maximum Gasteiger partial charge on any atom is 0.128 e. The first-order valence-corrected chi connectivity index (χ1v) is 8.25. The highest BCUT2D eigenvalue weighted by atomic mass is 19.1. The molecule has 0 bridgehead atoms. The van der Waals surface area contributed by atoms with Gasteiger partial charge in [0.25, 0.3) is 0 Å². The van der Waals surface area contributed by atoms with Crippen LogP contribution >= 0.6 is 0 Å². The number of aromatic nitrogens is 1.